The summed E-state index contributed by atoms with van der Waals surface area (Å²) in [6.45, 7) is 17.0. The molecule has 1 N–H and O–H groups in total. The van der Waals surface area contributed by atoms with Crippen LogP contribution in [0, 0.1) is 62.6 Å². The van der Waals surface area contributed by atoms with Gasteiger partial charge in [-0.3, -0.25) is 9.59 Å². The van der Waals surface area contributed by atoms with Crippen LogP contribution >= 0.6 is 0 Å². The molecule has 0 bridgehead atoms. The summed E-state index contributed by atoms with van der Waals surface area (Å²) in [6, 6.07) is 0. The van der Waals surface area contributed by atoms with Crippen molar-refractivity contribution in [2.75, 3.05) is 0 Å². The van der Waals surface area contributed by atoms with Gasteiger partial charge in [0.1, 0.15) is 5.78 Å². The van der Waals surface area contributed by atoms with E-state index in [4.69, 9.17) is 0 Å². The van der Waals surface area contributed by atoms with Gasteiger partial charge in [0.2, 0.25) is 0 Å². The Kier molecular flexibility index (Phi) is 5.13. The van der Waals surface area contributed by atoms with Gasteiger partial charge in [-0.15, -0.1) is 0 Å². The summed E-state index contributed by atoms with van der Waals surface area (Å²) in [5, 5.41) is 10.5. The SMILES string of the molecule is C[C@@H]1[C@H]2[C@H]3C(=O)C[C@@H]4[C@@]5(C)CCCC(C)(C)[C@@H]5CC[C@@]4(C)[C@]3(C)CC[C@@]2(C(=O)O)CC[C@H]1C. The molecule has 5 rings (SSSR count). The second-order valence-corrected chi connectivity index (χ2v) is 14.8. The van der Waals surface area contributed by atoms with Crippen LogP contribution in [0.3, 0.4) is 0 Å². The third kappa shape index (κ3) is 2.80. The highest BCUT2D eigenvalue weighted by Crippen LogP contribution is 2.76. The zero-order valence-corrected chi connectivity index (χ0v) is 22.3. The molecule has 0 amide bonds. The van der Waals surface area contributed by atoms with E-state index in [-0.39, 0.29) is 28.1 Å². The van der Waals surface area contributed by atoms with Crippen molar-refractivity contribution < 1.29 is 14.7 Å². The first-order valence-electron chi connectivity index (χ1n) is 14.0. The topological polar surface area (TPSA) is 54.4 Å². The van der Waals surface area contributed by atoms with Gasteiger partial charge >= 0.3 is 5.97 Å². The molecule has 0 heterocycles. The molecule has 186 valence electrons. The van der Waals surface area contributed by atoms with Gasteiger partial charge in [0.05, 0.1) is 5.41 Å². The summed E-state index contributed by atoms with van der Waals surface area (Å²) in [7, 11) is 0. The largest absolute Gasteiger partial charge is 0.481 e. The fraction of sp³-hybridized carbons (Fsp3) is 0.933. The van der Waals surface area contributed by atoms with E-state index < -0.39 is 11.4 Å². The number of carbonyl (C=O) groups excluding carboxylic acids is 1. The van der Waals surface area contributed by atoms with Crippen LogP contribution in [-0.2, 0) is 9.59 Å². The summed E-state index contributed by atoms with van der Waals surface area (Å²) >= 11 is 0. The van der Waals surface area contributed by atoms with Gasteiger partial charge in [0.15, 0.2) is 0 Å². The molecule has 33 heavy (non-hydrogen) atoms. The van der Waals surface area contributed by atoms with Crippen LogP contribution in [0.5, 0.6) is 0 Å². The molecular weight excluding hydrogens is 408 g/mol. The molecule has 10 atom stereocenters. The lowest BCUT2D eigenvalue weighted by molar-refractivity contribution is -0.241. The van der Waals surface area contributed by atoms with Gasteiger partial charge in [-0.2, -0.15) is 0 Å². The predicted molar refractivity (Wildman–Crippen MR) is 132 cm³/mol. The zero-order chi connectivity index (χ0) is 24.2. The maximum absolute atomic E-state index is 14.3. The molecule has 0 radical (unpaired) electrons. The lowest BCUT2D eigenvalue weighted by Crippen LogP contribution is -2.69. The van der Waals surface area contributed by atoms with Crippen molar-refractivity contribution in [2.45, 2.75) is 113 Å². The van der Waals surface area contributed by atoms with Crippen LogP contribution in [-0.4, -0.2) is 16.9 Å². The van der Waals surface area contributed by atoms with Crippen LogP contribution in [0.1, 0.15) is 113 Å². The number of Topliss-reactive ketones (excluding diaryl/α,β-unsaturated/α-hetero) is 1. The summed E-state index contributed by atoms with van der Waals surface area (Å²) in [6.07, 6.45) is 10.4. The lowest BCUT2D eigenvalue weighted by atomic mass is 9.31. The fourth-order valence-electron chi connectivity index (χ4n) is 11.4. The van der Waals surface area contributed by atoms with Crippen molar-refractivity contribution in [3.8, 4) is 0 Å². The van der Waals surface area contributed by atoms with Crippen LogP contribution in [0.4, 0.5) is 0 Å². The van der Waals surface area contributed by atoms with Crippen molar-refractivity contribution in [1.29, 1.82) is 0 Å². The standard InChI is InChI=1S/C30H48O3/c1-18-9-14-30(25(32)33)16-15-29(7)24(23(30)19(18)2)20(31)17-22-27(5)12-8-11-26(3,4)21(27)10-13-28(22,29)6/h18-19,21-24H,8-17H2,1-7H3,(H,32,33)/t18-,19+,21+,22-,23+,24-,27+,28-,29-,30+/m1/s1. The Morgan fingerprint density at radius 2 is 1.55 bits per heavy atom. The first-order chi connectivity index (χ1) is 15.2. The Hall–Kier alpha value is -0.860. The molecule has 0 aromatic heterocycles. The number of carboxylic acid groups (broad SMARTS) is 1. The number of aliphatic carboxylic acids is 1. The molecule has 0 aromatic carbocycles. The number of hydrogen-bond acceptors (Lipinski definition) is 2. The molecule has 5 saturated carbocycles. The van der Waals surface area contributed by atoms with E-state index in [1.165, 1.54) is 32.1 Å². The van der Waals surface area contributed by atoms with E-state index in [2.05, 4.69) is 48.5 Å². The van der Waals surface area contributed by atoms with Crippen LogP contribution in [0.2, 0.25) is 0 Å². The van der Waals surface area contributed by atoms with Gasteiger partial charge < -0.3 is 5.11 Å². The number of carboxylic acids is 1. The van der Waals surface area contributed by atoms with Gasteiger partial charge in [-0.25, -0.2) is 0 Å². The average Bonchev–Trinajstić information content (AvgIpc) is 2.72. The van der Waals surface area contributed by atoms with Crippen molar-refractivity contribution in [3.05, 3.63) is 0 Å². The molecule has 0 aromatic rings. The van der Waals surface area contributed by atoms with E-state index in [9.17, 15) is 14.7 Å². The van der Waals surface area contributed by atoms with E-state index >= 15 is 0 Å². The fourth-order valence-corrected chi connectivity index (χ4v) is 11.4. The summed E-state index contributed by atoms with van der Waals surface area (Å²) in [4.78, 5) is 27.1. The number of rotatable bonds is 1. The second kappa shape index (κ2) is 7.10. The Labute approximate surface area is 201 Å². The van der Waals surface area contributed by atoms with Crippen LogP contribution in [0.25, 0.3) is 0 Å². The van der Waals surface area contributed by atoms with Crippen molar-refractivity contribution in [3.63, 3.8) is 0 Å². The van der Waals surface area contributed by atoms with E-state index in [1.807, 2.05) is 0 Å². The van der Waals surface area contributed by atoms with Crippen molar-refractivity contribution in [1.82, 2.24) is 0 Å². The molecule has 5 aliphatic rings. The summed E-state index contributed by atoms with van der Waals surface area (Å²) < 4.78 is 0. The highest BCUT2D eigenvalue weighted by Gasteiger charge is 2.72. The summed E-state index contributed by atoms with van der Waals surface area (Å²) in [5.41, 5.74) is -0.0750. The van der Waals surface area contributed by atoms with Crippen molar-refractivity contribution in [2.24, 2.45) is 62.6 Å². The van der Waals surface area contributed by atoms with Gasteiger partial charge in [-0.1, -0.05) is 54.9 Å². The monoisotopic (exact) mass is 456 g/mol. The molecule has 3 heteroatoms. The Morgan fingerprint density at radius 3 is 2.21 bits per heavy atom. The van der Waals surface area contributed by atoms with Crippen molar-refractivity contribution >= 4 is 11.8 Å². The smallest absolute Gasteiger partial charge is 0.309 e. The van der Waals surface area contributed by atoms with Gasteiger partial charge in [0, 0.05) is 12.3 Å². The second-order valence-electron chi connectivity index (χ2n) is 14.8. The lowest BCUT2D eigenvalue weighted by Gasteiger charge is -2.72. The maximum Gasteiger partial charge on any atom is 0.309 e. The number of carbonyl (C=O) groups is 2. The highest BCUT2D eigenvalue weighted by molar-refractivity contribution is 5.86. The molecule has 0 saturated heterocycles. The Balaban J connectivity index is 1.61. The molecule has 5 fully saturated rings. The maximum atomic E-state index is 14.3. The molecule has 0 aliphatic heterocycles. The van der Waals surface area contributed by atoms with E-state index in [1.54, 1.807) is 0 Å². The quantitative estimate of drug-likeness (QED) is 0.448. The third-order valence-electron chi connectivity index (χ3n) is 13.6. The van der Waals surface area contributed by atoms with Gasteiger partial charge in [-0.05, 0) is 103 Å². The third-order valence-corrected chi connectivity index (χ3v) is 13.6. The van der Waals surface area contributed by atoms with Crippen LogP contribution < -0.4 is 0 Å². The predicted octanol–water partition coefficient (Wildman–Crippen LogP) is 7.38. The molecule has 3 nitrogen and oxygen atoms in total. The summed E-state index contributed by atoms with van der Waals surface area (Å²) in [5.74, 6) is 1.62. The first-order valence-corrected chi connectivity index (χ1v) is 14.0. The molecule has 5 aliphatic carbocycles. The van der Waals surface area contributed by atoms with Crippen LogP contribution in [0.15, 0.2) is 0 Å². The number of hydrogen-bond donors (Lipinski definition) is 1. The normalized spacial score (nSPS) is 55.5. The minimum absolute atomic E-state index is 0.00361. The minimum Gasteiger partial charge on any atom is -0.481 e. The Morgan fingerprint density at radius 1 is 0.848 bits per heavy atom. The molecule has 0 spiro atoms. The van der Waals surface area contributed by atoms with Gasteiger partial charge in [0.25, 0.3) is 0 Å². The molecular formula is C30H48O3. The number of ketones is 1. The first kappa shape index (κ1) is 23.9. The Bertz CT molecular complexity index is 861. The molecule has 0 unspecified atom stereocenters. The average molecular weight is 457 g/mol. The van der Waals surface area contributed by atoms with E-state index in [0.29, 0.717) is 41.3 Å². The highest BCUT2D eigenvalue weighted by atomic mass is 16.4. The zero-order valence-electron chi connectivity index (χ0n) is 22.3. The minimum atomic E-state index is -0.692. The number of fused-ring (bicyclic) bond motifs is 7. The van der Waals surface area contributed by atoms with E-state index in [0.717, 1.165) is 25.7 Å².